The number of nitrogens with two attached hydrogens (primary N) is 1. The molecule has 2 N–H and O–H groups in total. The van der Waals surface area contributed by atoms with Gasteiger partial charge in [0.1, 0.15) is 0 Å². The Morgan fingerprint density at radius 1 is 1.62 bits per heavy atom. The number of aryl methyl sites for hydroxylation is 2. The van der Waals surface area contributed by atoms with Gasteiger partial charge in [0.25, 0.3) is 0 Å². The van der Waals surface area contributed by atoms with Crippen molar-refractivity contribution in [3.05, 3.63) is 16.4 Å². The number of hydrogen-bond acceptors (Lipinski definition) is 2. The fourth-order valence-corrected chi connectivity index (χ4v) is 1.72. The van der Waals surface area contributed by atoms with Crippen LogP contribution < -0.4 is 5.73 Å². The maximum absolute atomic E-state index is 6.13. The molecule has 1 unspecified atom stereocenters. The smallest absolute Gasteiger partial charge is 0.0850 e. The van der Waals surface area contributed by atoms with E-state index in [0.29, 0.717) is 0 Å². The van der Waals surface area contributed by atoms with Gasteiger partial charge in [0.15, 0.2) is 0 Å². The van der Waals surface area contributed by atoms with Gasteiger partial charge in [-0.1, -0.05) is 18.5 Å². The minimum absolute atomic E-state index is 0.123. The van der Waals surface area contributed by atoms with Gasteiger partial charge in [-0.15, -0.1) is 0 Å². The summed E-state index contributed by atoms with van der Waals surface area (Å²) in [6.07, 6.45) is 1.65. The lowest BCUT2D eigenvalue weighted by Gasteiger charge is -2.05. The zero-order valence-corrected chi connectivity index (χ0v) is 9.10. The van der Waals surface area contributed by atoms with E-state index >= 15 is 0 Å². The molecule has 0 fully saturated rings. The average molecular weight is 202 g/mol. The molecule has 4 heteroatoms. The fraction of sp³-hybridized carbons (Fsp3) is 0.667. The SMILES string of the molecule is CCc1nn(C)c(CC(C)N)c1Cl. The molecule has 0 bridgehead atoms. The van der Waals surface area contributed by atoms with Crippen LogP contribution in [0.15, 0.2) is 0 Å². The summed E-state index contributed by atoms with van der Waals surface area (Å²) in [6, 6.07) is 0.123. The molecule has 0 aliphatic carbocycles. The van der Waals surface area contributed by atoms with Gasteiger partial charge in [-0.2, -0.15) is 5.10 Å². The maximum Gasteiger partial charge on any atom is 0.0850 e. The van der Waals surface area contributed by atoms with Gasteiger partial charge >= 0.3 is 0 Å². The Labute approximate surface area is 83.9 Å². The molecular weight excluding hydrogens is 186 g/mol. The third-order valence-electron chi connectivity index (χ3n) is 2.02. The minimum atomic E-state index is 0.123. The molecule has 3 nitrogen and oxygen atoms in total. The van der Waals surface area contributed by atoms with Crippen LogP contribution in [0.25, 0.3) is 0 Å². The van der Waals surface area contributed by atoms with Gasteiger partial charge < -0.3 is 5.73 Å². The van der Waals surface area contributed by atoms with E-state index in [4.69, 9.17) is 17.3 Å². The van der Waals surface area contributed by atoms with Crippen LogP contribution in [-0.2, 0) is 19.9 Å². The molecule has 13 heavy (non-hydrogen) atoms. The van der Waals surface area contributed by atoms with Crippen LogP contribution in [0.1, 0.15) is 25.2 Å². The third-order valence-corrected chi connectivity index (χ3v) is 2.45. The van der Waals surface area contributed by atoms with E-state index in [1.54, 1.807) is 0 Å². The summed E-state index contributed by atoms with van der Waals surface area (Å²) in [7, 11) is 1.91. The van der Waals surface area contributed by atoms with Gasteiger partial charge in [0, 0.05) is 19.5 Å². The minimum Gasteiger partial charge on any atom is -0.328 e. The Morgan fingerprint density at radius 3 is 2.62 bits per heavy atom. The molecule has 0 radical (unpaired) electrons. The van der Waals surface area contributed by atoms with Crippen LogP contribution in [0.5, 0.6) is 0 Å². The molecule has 0 aliphatic heterocycles. The Hall–Kier alpha value is -0.540. The molecule has 1 atom stereocenters. The lowest BCUT2D eigenvalue weighted by molar-refractivity contribution is 0.646. The molecular formula is C9H16ClN3. The number of aromatic nitrogens is 2. The van der Waals surface area contributed by atoms with E-state index in [-0.39, 0.29) is 6.04 Å². The molecule has 0 saturated heterocycles. The Bertz CT molecular complexity index is 291. The zero-order valence-electron chi connectivity index (χ0n) is 8.34. The van der Waals surface area contributed by atoms with Crippen LogP contribution in [0.3, 0.4) is 0 Å². The molecule has 0 aromatic carbocycles. The average Bonchev–Trinajstić information content (AvgIpc) is 2.31. The van der Waals surface area contributed by atoms with E-state index < -0.39 is 0 Å². The van der Waals surface area contributed by atoms with Gasteiger partial charge in [-0.25, -0.2) is 0 Å². The molecule has 0 saturated carbocycles. The normalized spacial score (nSPS) is 13.3. The Morgan fingerprint density at radius 2 is 2.23 bits per heavy atom. The molecule has 0 spiro atoms. The first-order chi connectivity index (χ1) is 6.06. The summed E-state index contributed by atoms with van der Waals surface area (Å²) in [4.78, 5) is 0. The van der Waals surface area contributed by atoms with Crippen molar-refractivity contribution < 1.29 is 0 Å². The fourth-order valence-electron chi connectivity index (χ4n) is 1.35. The summed E-state index contributed by atoms with van der Waals surface area (Å²) in [5, 5.41) is 5.09. The van der Waals surface area contributed by atoms with Gasteiger partial charge in [0.2, 0.25) is 0 Å². The molecule has 1 aromatic heterocycles. The predicted octanol–water partition coefficient (Wildman–Crippen LogP) is 1.53. The van der Waals surface area contributed by atoms with E-state index in [1.807, 2.05) is 25.6 Å². The van der Waals surface area contributed by atoms with Crippen molar-refractivity contribution in [3.63, 3.8) is 0 Å². The van der Waals surface area contributed by atoms with Gasteiger partial charge in [0.05, 0.1) is 16.4 Å². The topological polar surface area (TPSA) is 43.8 Å². The maximum atomic E-state index is 6.13. The molecule has 1 aromatic rings. The Balaban J connectivity index is 2.98. The van der Waals surface area contributed by atoms with Crippen LogP contribution >= 0.6 is 11.6 Å². The predicted molar refractivity (Wildman–Crippen MR) is 54.9 cm³/mol. The van der Waals surface area contributed by atoms with Crippen LogP contribution in [0.4, 0.5) is 0 Å². The first-order valence-electron chi connectivity index (χ1n) is 4.52. The highest BCUT2D eigenvalue weighted by Crippen LogP contribution is 2.21. The number of nitrogens with zero attached hydrogens (tertiary/aromatic N) is 2. The second-order valence-electron chi connectivity index (χ2n) is 3.37. The van der Waals surface area contributed by atoms with Crippen molar-refractivity contribution in [3.8, 4) is 0 Å². The lowest BCUT2D eigenvalue weighted by Crippen LogP contribution is -2.19. The highest BCUT2D eigenvalue weighted by molar-refractivity contribution is 6.31. The first kappa shape index (κ1) is 10.5. The van der Waals surface area contributed by atoms with Crippen molar-refractivity contribution in [2.45, 2.75) is 32.7 Å². The molecule has 1 heterocycles. The summed E-state index contributed by atoms with van der Waals surface area (Å²) < 4.78 is 1.82. The van der Waals surface area contributed by atoms with Crippen LogP contribution in [-0.4, -0.2) is 15.8 Å². The van der Waals surface area contributed by atoms with Crippen LogP contribution in [0.2, 0.25) is 5.02 Å². The summed E-state index contributed by atoms with van der Waals surface area (Å²) in [5.41, 5.74) is 7.71. The standard InChI is InChI=1S/C9H16ClN3/c1-4-7-9(10)8(5-6(2)11)13(3)12-7/h6H,4-5,11H2,1-3H3. The summed E-state index contributed by atoms with van der Waals surface area (Å²) in [6.45, 7) is 4.01. The van der Waals surface area contributed by atoms with Crippen molar-refractivity contribution in [2.24, 2.45) is 12.8 Å². The number of hydrogen-bond donors (Lipinski definition) is 1. The van der Waals surface area contributed by atoms with E-state index in [9.17, 15) is 0 Å². The zero-order chi connectivity index (χ0) is 10.0. The lowest BCUT2D eigenvalue weighted by atomic mass is 10.2. The van der Waals surface area contributed by atoms with Gasteiger partial charge in [-0.05, 0) is 13.3 Å². The van der Waals surface area contributed by atoms with E-state index in [1.165, 1.54) is 0 Å². The van der Waals surface area contributed by atoms with Gasteiger partial charge in [-0.3, -0.25) is 4.68 Å². The van der Waals surface area contributed by atoms with E-state index in [2.05, 4.69) is 5.10 Å². The van der Waals surface area contributed by atoms with Crippen LogP contribution in [0, 0.1) is 0 Å². The second-order valence-corrected chi connectivity index (χ2v) is 3.74. The van der Waals surface area contributed by atoms with E-state index in [0.717, 1.165) is 29.3 Å². The van der Waals surface area contributed by atoms with Crippen molar-refractivity contribution in [2.75, 3.05) is 0 Å². The molecule has 0 aliphatic rings. The molecule has 0 amide bonds. The summed E-state index contributed by atoms with van der Waals surface area (Å²) in [5.74, 6) is 0. The highest BCUT2D eigenvalue weighted by atomic mass is 35.5. The number of halogens is 1. The quantitative estimate of drug-likeness (QED) is 0.806. The second kappa shape index (κ2) is 4.11. The van der Waals surface area contributed by atoms with Crippen molar-refractivity contribution in [1.82, 2.24) is 9.78 Å². The Kier molecular flexibility index (Phi) is 3.33. The monoisotopic (exact) mass is 201 g/mol. The highest BCUT2D eigenvalue weighted by Gasteiger charge is 2.13. The summed E-state index contributed by atoms with van der Waals surface area (Å²) >= 11 is 6.13. The van der Waals surface area contributed by atoms with Crippen molar-refractivity contribution >= 4 is 11.6 Å². The molecule has 1 rings (SSSR count). The largest absolute Gasteiger partial charge is 0.328 e. The number of rotatable bonds is 3. The third kappa shape index (κ3) is 2.23. The first-order valence-corrected chi connectivity index (χ1v) is 4.89. The van der Waals surface area contributed by atoms with Crippen molar-refractivity contribution in [1.29, 1.82) is 0 Å². The molecule has 74 valence electrons.